The zero-order chi connectivity index (χ0) is 17.7. The van der Waals surface area contributed by atoms with Gasteiger partial charge in [0.15, 0.2) is 0 Å². The Morgan fingerprint density at radius 3 is 2.85 bits per heavy atom. The number of halogens is 1. The van der Waals surface area contributed by atoms with Gasteiger partial charge in [0.2, 0.25) is 0 Å². The molecule has 3 aromatic rings. The molecule has 5 rings (SSSR count). The Balaban J connectivity index is 0.00000180. The molecule has 1 saturated heterocycles. The second-order valence-corrected chi connectivity index (χ2v) is 7.84. The Morgan fingerprint density at radius 1 is 1.19 bits per heavy atom. The molecule has 2 aromatic heterocycles. The van der Waals surface area contributed by atoms with E-state index in [2.05, 4.69) is 33.2 Å². The second-order valence-electron chi connectivity index (χ2n) is 7.84. The van der Waals surface area contributed by atoms with Crippen molar-refractivity contribution in [1.82, 2.24) is 20.1 Å². The van der Waals surface area contributed by atoms with E-state index in [1.54, 1.807) is 0 Å². The van der Waals surface area contributed by atoms with Crippen molar-refractivity contribution in [2.24, 2.45) is 0 Å². The Labute approximate surface area is 165 Å². The number of pyridine rings is 1. The molecule has 1 N–H and O–H groups in total. The fourth-order valence-electron chi connectivity index (χ4n) is 4.37. The van der Waals surface area contributed by atoms with Crippen LogP contribution in [0.25, 0.3) is 22.2 Å². The van der Waals surface area contributed by atoms with E-state index in [1.807, 2.05) is 32.2 Å². The topological polar surface area (TPSA) is 52.0 Å². The van der Waals surface area contributed by atoms with Crippen molar-refractivity contribution in [1.29, 1.82) is 0 Å². The van der Waals surface area contributed by atoms with E-state index < -0.39 is 0 Å². The lowest BCUT2D eigenvalue weighted by Gasteiger charge is -2.20. The lowest BCUT2D eigenvalue weighted by atomic mass is 9.82. The SMILES string of the molecule is CC(C)Oc1ccc2ncc(-c3cc4n(n3)CCC43CCNC3)cc2c1.Cl. The summed E-state index contributed by atoms with van der Waals surface area (Å²) in [6, 6.07) is 10.5. The molecule has 1 unspecified atom stereocenters. The van der Waals surface area contributed by atoms with Crippen LogP contribution < -0.4 is 10.1 Å². The minimum atomic E-state index is 0. The number of hydrogen-bond donors (Lipinski definition) is 1. The average molecular weight is 385 g/mol. The van der Waals surface area contributed by atoms with E-state index >= 15 is 0 Å². The molecule has 4 heterocycles. The van der Waals surface area contributed by atoms with Crippen molar-refractivity contribution in [2.45, 2.75) is 44.8 Å². The minimum Gasteiger partial charge on any atom is -0.491 e. The Kier molecular flexibility index (Phi) is 4.60. The molecule has 6 heteroatoms. The number of nitrogens with one attached hydrogen (secondary N) is 1. The predicted molar refractivity (Wildman–Crippen MR) is 110 cm³/mol. The summed E-state index contributed by atoms with van der Waals surface area (Å²) in [4.78, 5) is 4.63. The van der Waals surface area contributed by atoms with Gasteiger partial charge in [-0.3, -0.25) is 9.67 Å². The average Bonchev–Trinajstić information content (AvgIpc) is 3.33. The highest BCUT2D eigenvalue weighted by atomic mass is 35.5. The van der Waals surface area contributed by atoms with E-state index in [1.165, 1.54) is 18.5 Å². The molecule has 27 heavy (non-hydrogen) atoms. The third-order valence-corrected chi connectivity index (χ3v) is 5.69. The van der Waals surface area contributed by atoms with E-state index in [-0.39, 0.29) is 23.9 Å². The van der Waals surface area contributed by atoms with Gasteiger partial charge in [0.05, 0.1) is 17.3 Å². The molecule has 5 nitrogen and oxygen atoms in total. The van der Waals surface area contributed by atoms with Gasteiger partial charge < -0.3 is 10.1 Å². The minimum absolute atomic E-state index is 0. The molecule has 1 fully saturated rings. The zero-order valence-corrected chi connectivity index (χ0v) is 16.6. The normalized spacial score (nSPS) is 21.0. The second kappa shape index (κ2) is 6.80. The predicted octanol–water partition coefficient (Wildman–Crippen LogP) is 3.94. The van der Waals surface area contributed by atoms with Crippen LogP contribution >= 0.6 is 12.4 Å². The van der Waals surface area contributed by atoms with Crippen molar-refractivity contribution in [3.05, 3.63) is 42.2 Å². The third-order valence-electron chi connectivity index (χ3n) is 5.69. The maximum atomic E-state index is 5.83. The number of fused-ring (bicyclic) bond motifs is 3. The quantitative estimate of drug-likeness (QED) is 0.743. The number of ether oxygens (including phenoxy) is 1. The summed E-state index contributed by atoms with van der Waals surface area (Å²) in [5.41, 5.74) is 4.74. The van der Waals surface area contributed by atoms with E-state index in [0.29, 0.717) is 0 Å². The highest BCUT2D eigenvalue weighted by Gasteiger charge is 2.42. The Bertz CT molecular complexity index is 975. The molecular weight excluding hydrogens is 360 g/mol. The molecule has 2 aliphatic heterocycles. The summed E-state index contributed by atoms with van der Waals surface area (Å²) in [5.74, 6) is 0.884. The lowest BCUT2D eigenvalue weighted by Crippen LogP contribution is -2.25. The van der Waals surface area contributed by atoms with Crippen LogP contribution in [0.4, 0.5) is 0 Å². The van der Waals surface area contributed by atoms with Crippen LogP contribution in [0.1, 0.15) is 32.4 Å². The van der Waals surface area contributed by atoms with Gasteiger partial charge in [-0.15, -0.1) is 12.4 Å². The van der Waals surface area contributed by atoms with Gasteiger partial charge in [0.25, 0.3) is 0 Å². The van der Waals surface area contributed by atoms with Crippen molar-refractivity contribution >= 4 is 23.3 Å². The smallest absolute Gasteiger partial charge is 0.120 e. The summed E-state index contributed by atoms with van der Waals surface area (Å²) in [6.07, 6.45) is 4.51. The van der Waals surface area contributed by atoms with Gasteiger partial charge >= 0.3 is 0 Å². The first-order valence-corrected chi connectivity index (χ1v) is 9.49. The summed E-state index contributed by atoms with van der Waals surface area (Å²) >= 11 is 0. The fourth-order valence-corrected chi connectivity index (χ4v) is 4.37. The number of nitrogens with zero attached hydrogens (tertiary/aromatic N) is 3. The first-order chi connectivity index (χ1) is 12.6. The monoisotopic (exact) mass is 384 g/mol. The summed E-state index contributed by atoms with van der Waals surface area (Å²) in [6.45, 7) is 7.28. The van der Waals surface area contributed by atoms with Crippen molar-refractivity contribution in [3.8, 4) is 17.0 Å². The van der Waals surface area contributed by atoms with Crippen LogP contribution in [-0.2, 0) is 12.0 Å². The first-order valence-electron chi connectivity index (χ1n) is 9.49. The first kappa shape index (κ1) is 18.3. The highest BCUT2D eigenvalue weighted by Crippen LogP contribution is 2.41. The standard InChI is InChI=1S/C21H24N4O.ClH/c1-14(2)26-17-3-4-18-15(10-17)9-16(12-23-18)19-11-20-21(5-7-22-13-21)6-8-25(20)24-19;/h3-4,9-12,14,22H,5-8,13H2,1-2H3;1H. The van der Waals surface area contributed by atoms with Gasteiger partial charge in [-0.2, -0.15) is 5.10 Å². The number of aromatic nitrogens is 3. The highest BCUT2D eigenvalue weighted by molar-refractivity contribution is 5.85. The van der Waals surface area contributed by atoms with Crippen LogP contribution in [0.2, 0.25) is 0 Å². The van der Waals surface area contributed by atoms with Gasteiger partial charge in [0, 0.05) is 41.3 Å². The van der Waals surface area contributed by atoms with Crippen LogP contribution in [-0.4, -0.2) is 34.0 Å². The molecule has 0 radical (unpaired) electrons. The van der Waals surface area contributed by atoms with Crippen molar-refractivity contribution in [3.63, 3.8) is 0 Å². The molecule has 0 aliphatic carbocycles. The van der Waals surface area contributed by atoms with E-state index in [4.69, 9.17) is 9.84 Å². The molecule has 0 amide bonds. The van der Waals surface area contributed by atoms with Gasteiger partial charge in [-0.05, 0) is 63.6 Å². The van der Waals surface area contributed by atoms with Crippen molar-refractivity contribution < 1.29 is 4.74 Å². The molecule has 1 spiro atoms. The molecule has 0 bridgehead atoms. The van der Waals surface area contributed by atoms with Crippen molar-refractivity contribution in [2.75, 3.05) is 13.1 Å². The lowest BCUT2D eigenvalue weighted by molar-refractivity contribution is 0.243. The molecule has 2 aliphatic rings. The summed E-state index contributed by atoms with van der Waals surface area (Å²) in [7, 11) is 0. The largest absolute Gasteiger partial charge is 0.491 e. The van der Waals surface area contributed by atoms with Crippen LogP contribution in [0.3, 0.4) is 0 Å². The number of benzene rings is 1. The maximum absolute atomic E-state index is 5.83. The number of hydrogen-bond acceptors (Lipinski definition) is 4. The summed E-state index contributed by atoms with van der Waals surface area (Å²) in [5, 5.41) is 9.49. The molecule has 142 valence electrons. The molecule has 0 saturated carbocycles. The molecule has 1 aromatic carbocycles. The third kappa shape index (κ3) is 3.09. The zero-order valence-electron chi connectivity index (χ0n) is 15.7. The maximum Gasteiger partial charge on any atom is 0.120 e. The Hall–Kier alpha value is -2.11. The van der Waals surface area contributed by atoms with Crippen LogP contribution in [0.15, 0.2) is 36.5 Å². The molecular formula is C21H25ClN4O. The number of rotatable bonds is 3. The van der Waals surface area contributed by atoms with E-state index in [0.717, 1.165) is 47.5 Å². The van der Waals surface area contributed by atoms with Gasteiger partial charge in [-0.25, -0.2) is 0 Å². The van der Waals surface area contributed by atoms with Crippen LogP contribution in [0.5, 0.6) is 5.75 Å². The van der Waals surface area contributed by atoms with E-state index in [9.17, 15) is 0 Å². The fraction of sp³-hybridized carbons (Fsp3) is 0.429. The van der Waals surface area contributed by atoms with Gasteiger partial charge in [0.1, 0.15) is 5.75 Å². The Morgan fingerprint density at radius 2 is 2.07 bits per heavy atom. The van der Waals surface area contributed by atoms with Gasteiger partial charge in [-0.1, -0.05) is 0 Å². The summed E-state index contributed by atoms with van der Waals surface area (Å²) < 4.78 is 8.03. The van der Waals surface area contributed by atoms with Crippen LogP contribution in [0, 0.1) is 0 Å². The number of aryl methyl sites for hydroxylation is 1. The molecule has 1 atom stereocenters.